The van der Waals surface area contributed by atoms with E-state index in [-0.39, 0.29) is 3.57 Å². The van der Waals surface area contributed by atoms with Crippen molar-refractivity contribution >= 4 is 22.6 Å². The van der Waals surface area contributed by atoms with Crippen molar-refractivity contribution < 1.29 is 31.8 Å². The number of hydrogen-bond donors (Lipinski definition) is 1. The van der Waals surface area contributed by atoms with Gasteiger partial charge in [0, 0.05) is 5.56 Å². The average molecular weight is 369 g/mol. The van der Waals surface area contributed by atoms with Crippen LogP contribution < -0.4 is 4.74 Å². The van der Waals surface area contributed by atoms with Crippen LogP contribution in [0.1, 0.15) is 17.7 Å². The number of halogens is 6. The Morgan fingerprint density at radius 3 is 2.41 bits per heavy atom. The summed E-state index contributed by atoms with van der Waals surface area (Å²) < 4.78 is 64.0. The zero-order valence-corrected chi connectivity index (χ0v) is 10.1. The van der Waals surface area contributed by atoms with Crippen molar-refractivity contribution in [2.75, 3.05) is 0 Å². The smallest absolute Gasteiger partial charge is 0.390 e. The average Bonchev–Trinajstić information content (AvgIpc) is 2.18. The Labute approximate surface area is 106 Å². The fraction of sp³-hybridized carbons (Fsp3) is 0.375. The van der Waals surface area contributed by atoms with Crippen LogP contribution in [0.3, 0.4) is 0 Å². The van der Waals surface area contributed by atoms with Gasteiger partial charge in [-0.05, 0) is 28.7 Å². The van der Waals surface area contributed by atoms with Crippen molar-refractivity contribution in [3.8, 4) is 5.88 Å². The van der Waals surface area contributed by atoms with Crippen LogP contribution >= 0.6 is 22.6 Å². The monoisotopic (exact) mass is 369 g/mol. The summed E-state index contributed by atoms with van der Waals surface area (Å²) >= 11 is 1.39. The van der Waals surface area contributed by atoms with Gasteiger partial charge in [-0.15, -0.1) is 13.2 Å². The summed E-state index contributed by atoms with van der Waals surface area (Å²) in [6, 6.07) is 0.796. The molecule has 0 bridgehead atoms. The van der Waals surface area contributed by atoms with Gasteiger partial charge in [0.05, 0.1) is 15.9 Å². The Morgan fingerprint density at radius 1 is 1.41 bits per heavy atom. The molecule has 0 spiro atoms. The van der Waals surface area contributed by atoms with Crippen LogP contribution in [0.25, 0.3) is 0 Å². The number of rotatable bonds is 3. The van der Waals surface area contributed by atoms with E-state index in [1.807, 2.05) is 0 Å². The van der Waals surface area contributed by atoms with Gasteiger partial charge in [0.2, 0.25) is 5.88 Å². The summed E-state index contributed by atoms with van der Waals surface area (Å²) in [6.45, 7) is -0.898. The van der Waals surface area contributed by atoms with Crippen LogP contribution in [0.15, 0.2) is 6.07 Å². The number of pyridine rings is 1. The van der Waals surface area contributed by atoms with E-state index in [2.05, 4.69) is 9.72 Å². The highest BCUT2D eigenvalue weighted by atomic mass is 127. The Hall–Kier alpha value is -0.710. The fourth-order valence-electron chi connectivity index (χ4n) is 1.02. The molecule has 0 aromatic carbocycles. The van der Waals surface area contributed by atoms with E-state index in [0.717, 1.165) is 6.07 Å². The Kier molecular flexibility index (Phi) is 4.47. The van der Waals surface area contributed by atoms with Crippen LogP contribution in [0.2, 0.25) is 0 Å². The van der Waals surface area contributed by atoms with Gasteiger partial charge in [0.25, 0.3) is 6.43 Å². The normalized spacial score (nSPS) is 12.0. The standard InChI is InChI=1S/C8H5F5INO2/c9-6(10)3-1-4(14)7(15-5(3)2-16)17-8(11,12)13/h1,6,16H,2H2. The molecule has 0 atom stereocenters. The van der Waals surface area contributed by atoms with Crippen molar-refractivity contribution in [2.24, 2.45) is 0 Å². The zero-order chi connectivity index (χ0) is 13.2. The molecule has 0 aliphatic carbocycles. The Bertz CT molecular complexity index is 410. The minimum absolute atomic E-state index is 0.215. The minimum atomic E-state index is -4.97. The molecule has 1 rings (SSSR count). The molecule has 0 fully saturated rings. The molecule has 1 aromatic heterocycles. The second-order valence-electron chi connectivity index (χ2n) is 2.82. The van der Waals surface area contributed by atoms with Gasteiger partial charge in [-0.1, -0.05) is 0 Å². The maximum Gasteiger partial charge on any atom is 0.574 e. The zero-order valence-electron chi connectivity index (χ0n) is 7.93. The van der Waals surface area contributed by atoms with Gasteiger partial charge in [-0.2, -0.15) is 0 Å². The Balaban J connectivity index is 3.18. The molecule has 0 unspecified atom stereocenters. The topological polar surface area (TPSA) is 42.4 Å². The summed E-state index contributed by atoms with van der Waals surface area (Å²) in [6.07, 6.45) is -7.90. The van der Waals surface area contributed by atoms with Crippen molar-refractivity contribution in [1.29, 1.82) is 0 Å². The first-order valence-corrected chi connectivity index (χ1v) is 5.16. The predicted molar refractivity (Wildman–Crippen MR) is 54.5 cm³/mol. The minimum Gasteiger partial charge on any atom is -0.390 e. The fourth-order valence-corrected chi connectivity index (χ4v) is 1.59. The first-order chi connectivity index (χ1) is 7.74. The van der Waals surface area contributed by atoms with Gasteiger partial charge >= 0.3 is 6.36 Å². The molecule has 17 heavy (non-hydrogen) atoms. The van der Waals surface area contributed by atoms with Crippen molar-refractivity contribution in [3.05, 3.63) is 20.9 Å². The van der Waals surface area contributed by atoms with Crippen molar-refractivity contribution in [3.63, 3.8) is 0 Å². The molecule has 9 heteroatoms. The van der Waals surface area contributed by atoms with Gasteiger partial charge in [-0.3, -0.25) is 0 Å². The SMILES string of the molecule is OCc1nc(OC(F)(F)F)c(I)cc1C(F)F. The van der Waals surface area contributed by atoms with Crippen LogP contribution in [0.5, 0.6) is 5.88 Å². The van der Waals surface area contributed by atoms with E-state index < -0.39 is 36.5 Å². The third kappa shape index (κ3) is 3.91. The van der Waals surface area contributed by atoms with Crippen molar-refractivity contribution in [2.45, 2.75) is 19.4 Å². The molecule has 0 aliphatic heterocycles. The Morgan fingerprint density at radius 2 is 2.00 bits per heavy atom. The van der Waals surface area contributed by atoms with Gasteiger partial charge in [0.1, 0.15) is 0 Å². The molecule has 0 saturated carbocycles. The van der Waals surface area contributed by atoms with E-state index in [1.54, 1.807) is 0 Å². The maximum atomic E-state index is 12.4. The van der Waals surface area contributed by atoms with Crippen LogP contribution in [-0.4, -0.2) is 16.5 Å². The first kappa shape index (κ1) is 14.4. The number of aliphatic hydroxyl groups is 1. The number of hydrogen-bond acceptors (Lipinski definition) is 3. The molecule has 0 aliphatic rings. The van der Waals surface area contributed by atoms with E-state index in [4.69, 9.17) is 5.11 Å². The summed E-state index contributed by atoms with van der Waals surface area (Å²) in [5, 5.41) is 8.75. The summed E-state index contributed by atoms with van der Waals surface area (Å²) in [5.41, 5.74) is -1.16. The lowest BCUT2D eigenvalue weighted by Crippen LogP contribution is -2.19. The van der Waals surface area contributed by atoms with Crippen LogP contribution in [0.4, 0.5) is 22.0 Å². The number of aromatic nitrogens is 1. The molecule has 1 aromatic rings. The van der Waals surface area contributed by atoms with E-state index in [9.17, 15) is 22.0 Å². The first-order valence-electron chi connectivity index (χ1n) is 4.08. The molecular weight excluding hydrogens is 364 g/mol. The second-order valence-corrected chi connectivity index (χ2v) is 3.98. The highest BCUT2D eigenvalue weighted by Crippen LogP contribution is 2.31. The van der Waals surface area contributed by atoms with Crippen molar-refractivity contribution in [1.82, 2.24) is 4.98 Å². The number of nitrogens with zero attached hydrogens (tertiary/aromatic N) is 1. The number of aliphatic hydroxyl groups excluding tert-OH is 1. The molecular formula is C8H5F5INO2. The van der Waals surface area contributed by atoms with E-state index in [0.29, 0.717) is 0 Å². The summed E-state index contributed by atoms with van der Waals surface area (Å²) in [4.78, 5) is 3.22. The lowest BCUT2D eigenvalue weighted by atomic mass is 10.2. The molecule has 0 saturated heterocycles. The van der Waals surface area contributed by atoms with Gasteiger partial charge in [0.15, 0.2) is 0 Å². The molecule has 3 nitrogen and oxygen atoms in total. The molecule has 1 N–H and O–H groups in total. The lowest BCUT2D eigenvalue weighted by molar-refractivity contribution is -0.276. The molecule has 0 amide bonds. The summed E-state index contributed by atoms with van der Waals surface area (Å²) in [5.74, 6) is -0.855. The predicted octanol–water partition coefficient (Wildman–Crippen LogP) is 3.01. The van der Waals surface area contributed by atoms with Crippen LogP contribution in [-0.2, 0) is 6.61 Å². The molecule has 1 heterocycles. The third-order valence-corrected chi connectivity index (χ3v) is 2.43. The summed E-state index contributed by atoms with van der Waals surface area (Å²) in [7, 11) is 0. The van der Waals surface area contributed by atoms with E-state index in [1.165, 1.54) is 22.6 Å². The molecule has 0 radical (unpaired) electrons. The second kappa shape index (κ2) is 5.29. The third-order valence-electron chi connectivity index (χ3n) is 1.65. The maximum absolute atomic E-state index is 12.4. The highest BCUT2D eigenvalue weighted by Gasteiger charge is 2.33. The van der Waals surface area contributed by atoms with Crippen LogP contribution in [0, 0.1) is 3.57 Å². The largest absolute Gasteiger partial charge is 0.574 e. The number of alkyl halides is 5. The van der Waals surface area contributed by atoms with Gasteiger partial charge in [-0.25, -0.2) is 13.8 Å². The number of ether oxygens (including phenoxy) is 1. The highest BCUT2D eigenvalue weighted by molar-refractivity contribution is 14.1. The quantitative estimate of drug-likeness (QED) is 0.658. The molecule has 96 valence electrons. The lowest BCUT2D eigenvalue weighted by Gasteiger charge is -2.13. The van der Waals surface area contributed by atoms with Gasteiger partial charge < -0.3 is 9.84 Å². The van der Waals surface area contributed by atoms with E-state index >= 15 is 0 Å².